The van der Waals surface area contributed by atoms with E-state index in [2.05, 4.69) is 31.1 Å². The highest BCUT2D eigenvalue weighted by Gasteiger charge is 2.10. The summed E-state index contributed by atoms with van der Waals surface area (Å²) in [6, 6.07) is 0.861. The second-order valence-corrected chi connectivity index (χ2v) is 5.20. The molecule has 0 saturated heterocycles. The molecule has 4 nitrogen and oxygen atoms in total. The summed E-state index contributed by atoms with van der Waals surface area (Å²) in [6.45, 7) is 10.8. The first-order chi connectivity index (χ1) is 7.86. The lowest BCUT2D eigenvalue weighted by Crippen LogP contribution is -2.40. The Morgan fingerprint density at radius 3 is 2.18 bits per heavy atom. The fourth-order valence-corrected chi connectivity index (χ4v) is 1.32. The molecule has 0 aliphatic heterocycles. The van der Waals surface area contributed by atoms with Crippen LogP contribution in [0.15, 0.2) is 0 Å². The zero-order valence-corrected chi connectivity index (χ0v) is 12.3. The van der Waals surface area contributed by atoms with Crippen molar-refractivity contribution in [2.24, 2.45) is 0 Å². The van der Waals surface area contributed by atoms with Crippen LogP contribution < -0.4 is 5.32 Å². The summed E-state index contributed by atoms with van der Waals surface area (Å²) < 4.78 is 0. The highest BCUT2D eigenvalue weighted by Crippen LogP contribution is 1.95. The van der Waals surface area contributed by atoms with Crippen molar-refractivity contribution < 1.29 is 4.79 Å². The third-order valence-electron chi connectivity index (χ3n) is 3.19. The van der Waals surface area contributed by atoms with E-state index in [0.29, 0.717) is 12.6 Å². The number of nitrogens with zero attached hydrogens (tertiary/aromatic N) is 2. The van der Waals surface area contributed by atoms with Crippen LogP contribution in [-0.2, 0) is 4.79 Å². The lowest BCUT2D eigenvalue weighted by Gasteiger charge is -2.22. The highest BCUT2D eigenvalue weighted by atomic mass is 16.2. The van der Waals surface area contributed by atoms with Gasteiger partial charge in [-0.3, -0.25) is 4.79 Å². The maximum atomic E-state index is 11.6. The van der Waals surface area contributed by atoms with E-state index in [4.69, 9.17) is 0 Å². The molecule has 0 rings (SSSR count). The first-order valence-electron chi connectivity index (χ1n) is 6.52. The van der Waals surface area contributed by atoms with E-state index in [-0.39, 0.29) is 11.9 Å². The van der Waals surface area contributed by atoms with Gasteiger partial charge in [-0.1, -0.05) is 0 Å². The Kier molecular flexibility index (Phi) is 8.17. The molecule has 0 aliphatic carbocycles. The zero-order valence-electron chi connectivity index (χ0n) is 12.3. The van der Waals surface area contributed by atoms with Crippen molar-refractivity contribution in [1.29, 1.82) is 0 Å². The number of likely N-dealkylation sites (N-methyl/N-ethyl adjacent to an activating group) is 1. The lowest BCUT2D eigenvalue weighted by atomic mass is 10.3. The zero-order chi connectivity index (χ0) is 13.4. The number of carbonyl (C=O) groups excluding carboxylic acids is 1. The van der Waals surface area contributed by atoms with Crippen LogP contribution in [0.5, 0.6) is 0 Å². The molecule has 0 spiro atoms. The monoisotopic (exact) mass is 243 g/mol. The lowest BCUT2D eigenvalue weighted by molar-refractivity contribution is -0.130. The Bertz CT molecular complexity index is 217. The van der Waals surface area contributed by atoms with E-state index in [1.807, 2.05) is 20.9 Å². The van der Waals surface area contributed by atoms with Crippen LogP contribution >= 0.6 is 0 Å². The SMILES string of the molecule is CC(C)N(C)CCCNCC(=O)N(C)C(C)C. The van der Waals surface area contributed by atoms with Gasteiger partial charge in [-0.15, -0.1) is 0 Å². The second-order valence-electron chi connectivity index (χ2n) is 5.20. The van der Waals surface area contributed by atoms with E-state index in [0.717, 1.165) is 19.5 Å². The molecular weight excluding hydrogens is 214 g/mol. The average Bonchev–Trinajstić information content (AvgIpc) is 2.26. The number of hydrogen-bond acceptors (Lipinski definition) is 3. The number of rotatable bonds is 8. The van der Waals surface area contributed by atoms with Gasteiger partial charge in [0.2, 0.25) is 5.91 Å². The quantitative estimate of drug-likeness (QED) is 0.650. The van der Waals surface area contributed by atoms with Crippen LogP contribution in [0.2, 0.25) is 0 Å². The maximum absolute atomic E-state index is 11.6. The molecule has 17 heavy (non-hydrogen) atoms. The summed E-state index contributed by atoms with van der Waals surface area (Å²) in [5.74, 6) is 0.164. The van der Waals surface area contributed by atoms with Gasteiger partial charge in [0.05, 0.1) is 6.54 Å². The van der Waals surface area contributed by atoms with Gasteiger partial charge in [0.1, 0.15) is 0 Å². The van der Waals surface area contributed by atoms with Crippen molar-refractivity contribution in [2.45, 2.75) is 46.2 Å². The van der Waals surface area contributed by atoms with E-state index in [1.165, 1.54) is 0 Å². The highest BCUT2D eigenvalue weighted by molar-refractivity contribution is 5.78. The molecular formula is C13H29N3O. The van der Waals surface area contributed by atoms with Crippen molar-refractivity contribution in [3.05, 3.63) is 0 Å². The van der Waals surface area contributed by atoms with Crippen molar-refractivity contribution in [3.8, 4) is 0 Å². The predicted molar refractivity (Wildman–Crippen MR) is 73.2 cm³/mol. The molecule has 0 fully saturated rings. The molecule has 0 heterocycles. The second kappa shape index (κ2) is 8.48. The molecule has 0 aliphatic rings. The summed E-state index contributed by atoms with van der Waals surface area (Å²) in [6.07, 6.45) is 1.08. The Morgan fingerprint density at radius 1 is 1.12 bits per heavy atom. The van der Waals surface area contributed by atoms with Crippen LogP contribution in [0.3, 0.4) is 0 Å². The number of amides is 1. The molecule has 0 aromatic carbocycles. The fourth-order valence-electron chi connectivity index (χ4n) is 1.32. The van der Waals surface area contributed by atoms with E-state index >= 15 is 0 Å². The molecule has 1 N–H and O–H groups in total. The summed E-state index contributed by atoms with van der Waals surface area (Å²) in [5, 5.41) is 3.20. The predicted octanol–water partition coefficient (Wildman–Crippen LogP) is 1.17. The summed E-state index contributed by atoms with van der Waals surface area (Å²) >= 11 is 0. The van der Waals surface area contributed by atoms with Crippen LogP contribution in [0, 0.1) is 0 Å². The number of carbonyl (C=O) groups is 1. The summed E-state index contributed by atoms with van der Waals surface area (Å²) in [7, 11) is 3.98. The van der Waals surface area contributed by atoms with Crippen LogP contribution in [0.1, 0.15) is 34.1 Å². The Labute approximate surface area is 106 Å². The van der Waals surface area contributed by atoms with Gasteiger partial charge in [-0.2, -0.15) is 0 Å². The van der Waals surface area contributed by atoms with E-state index < -0.39 is 0 Å². The van der Waals surface area contributed by atoms with Crippen LogP contribution in [0.25, 0.3) is 0 Å². The molecule has 0 radical (unpaired) electrons. The maximum Gasteiger partial charge on any atom is 0.236 e. The number of nitrogens with one attached hydrogen (secondary N) is 1. The van der Waals surface area contributed by atoms with Gasteiger partial charge in [0.15, 0.2) is 0 Å². The van der Waals surface area contributed by atoms with Crippen LogP contribution in [0.4, 0.5) is 0 Å². The molecule has 1 amide bonds. The fraction of sp³-hybridized carbons (Fsp3) is 0.923. The topological polar surface area (TPSA) is 35.6 Å². The van der Waals surface area contributed by atoms with Crippen LogP contribution in [-0.4, -0.2) is 61.5 Å². The smallest absolute Gasteiger partial charge is 0.236 e. The molecule has 0 atom stereocenters. The Hall–Kier alpha value is -0.610. The van der Waals surface area contributed by atoms with E-state index in [9.17, 15) is 4.79 Å². The van der Waals surface area contributed by atoms with Gasteiger partial charge in [-0.05, 0) is 54.3 Å². The first-order valence-corrected chi connectivity index (χ1v) is 6.52. The molecule has 0 aromatic heterocycles. The molecule has 0 bridgehead atoms. The normalized spacial score (nSPS) is 11.6. The largest absolute Gasteiger partial charge is 0.342 e. The number of hydrogen-bond donors (Lipinski definition) is 1. The molecule has 102 valence electrons. The minimum absolute atomic E-state index is 0.164. The minimum Gasteiger partial charge on any atom is -0.342 e. The van der Waals surface area contributed by atoms with Gasteiger partial charge in [0, 0.05) is 19.1 Å². The third-order valence-corrected chi connectivity index (χ3v) is 3.19. The van der Waals surface area contributed by atoms with Crippen molar-refractivity contribution >= 4 is 5.91 Å². The summed E-state index contributed by atoms with van der Waals surface area (Å²) in [5.41, 5.74) is 0. The molecule has 0 saturated carbocycles. The van der Waals surface area contributed by atoms with Gasteiger partial charge in [-0.25, -0.2) is 0 Å². The molecule has 0 aromatic rings. The average molecular weight is 243 g/mol. The summed E-state index contributed by atoms with van der Waals surface area (Å²) in [4.78, 5) is 15.7. The van der Waals surface area contributed by atoms with Crippen molar-refractivity contribution in [1.82, 2.24) is 15.1 Å². The van der Waals surface area contributed by atoms with E-state index in [1.54, 1.807) is 4.90 Å². The van der Waals surface area contributed by atoms with Crippen molar-refractivity contribution in [2.75, 3.05) is 33.7 Å². The molecule has 0 unspecified atom stereocenters. The van der Waals surface area contributed by atoms with Crippen molar-refractivity contribution in [3.63, 3.8) is 0 Å². The van der Waals surface area contributed by atoms with Gasteiger partial charge in [0.25, 0.3) is 0 Å². The molecule has 4 heteroatoms. The Balaban J connectivity index is 3.55. The minimum atomic E-state index is 0.164. The Morgan fingerprint density at radius 2 is 1.71 bits per heavy atom. The standard InChI is InChI=1S/C13H29N3O/c1-11(2)15(5)9-7-8-14-10-13(17)16(6)12(3)4/h11-12,14H,7-10H2,1-6H3. The van der Waals surface area contributed by atoms with Gasteiger partial charge >= 0.3 is 0 Å². The third kappa shape index (κ3) is 7.34. The first kappa shape index (κ1) is 16.4. The van der Waals surface area contributed by atoms with Gasteiger partial charge < -0.3 is 15.1 Å².